The lowest BCUT2D eigenvalue weighted by atomic mass is 10.1. The van der Waals surface area contributed by atoms with Crippen LogP contribution in [0.1, 0.15) is 10.4 Å². The first-order valence-electron chi connectivity index (χ1n) is 3.28. The van der Waals surface area contributed by atoms with E-state index in [0.29, 0.717) is 5.56 Å². The van der Waals surface area contributed by atoms with Crippen LogP contribution in [0.3, 0.4) is 0 Å². The quantitative estimate of drug-likeness (QED) is 0.496. The molecule has 2 rings (SSSR count). The highest BCUT2D eigenvalue weighted by atomic mass is 16.2. The molecule has 0 spiro atoms. The topological polar surface area (TPSA) is 53.2 Å². The third-order valence-electron chi connectivity index (χ3n) is 1.54. The summed E-state index contributed by atoms with van der Waals surface area (Å²) in [5, 5.41) is 0. The van der Waals surface area contributed by atoms with Crippen LogP contribution in [0.15, 0.2) is 24.3 Å². The maximum atomic E-state index is 11.1. The highest BCUT2D eigenvalue weighted by Crippen LogP contribution is 2.14. The van der Waals surface area contributed by atoms with Crippen LogP contribution in [0.4, 0.5) is 5.69 Å². The fourth-order valence-electron chi connectivity index (χ4n) is 1.01. The number of hydrogen-bond donors (Lipinski definition) is 3. The number of fused-ring (bicyclic) bond motifs is 1. The Balaban J connectivity index is 2.52. The van der Waals surface area contributed by atoms with Crippen molar-refractivity contribution in [1.82, 2.24) is 11.0 Å². The third kappa shape index (κ3) is 0.929. The number of nitrogens with one attached hydrogen (secondary N) is 3. The molecule has 1 heterocycles. The lowest BCUT2D eigenvalue weighted by Gasteiger charge is -2.18. The molecule has 1 aliphatic rings. The second-order valence-electron chi connectivity index (χ2n) is 2.25. The second kappa shape index (κ2) is 2.25. The molecule has 56 valence electrons. The van der Waals surface area contributed by atoms with Gasteiger partial charge in [-0.3, -0.25) is 10.2 Å². The number of carbonyl (C=O) groups is 1. The number of rotatable bonds is 0. The van der Waals surface area contributed by atoms with E-state index in [9.17, 15) is 4.79 Å². The molecule has 0 radical (unpaired) electrons. The van der Waals surface area contributed by atoms with Crippen molar-refractivity contribution in [2.75, 3.05) is 5.43 Å². The van der Waals surface area contributed by atoms with Gasteiger partial charge in [0.05, 0.1) is 11.3 Å². The van der Waals surface area contributed by atoms with Crippen molar-refractivity contribution >= 4 is 11.6 Å². The SMILES string of the molecule is O=C1NNNc2ccccc21. The Labute approximate surface area is 63.5 Å². The minimum Gasteiger partial charge on any atom is -0.303 e. The Bertz CT molecular complexity index is 297. The Morgan fingerprint density at radius 2 is 1.91 bits per heavy atom. The molecule has 4 heteroatoms. The maximum Gasteiger partial charge on any atom is 0.268 e. The summed E-state index contributed by atoms with van der Waals surface area (Å²) >= 11 is 0. The van der Waals surface area contributed by atoms with Gasteiger partial charge in [0.25, 0.3) is 5.91 Å². The van der Waals surface area contributed by atoms with E-state index in [-0.39, 0.29) is 5.91 Å². The summed E-state index contributed by atoms with van der Waals surface area (Å²) in [5.74, 6) is -0.112. The molecular weight excluding hydrogens is 142 g/mol. The van der Waals surface area contributed by atoms with Crippen LogP contribution in [0, 0.1) is 0 Å². The van der Waals surface area contributed by atoms with Crippen LogP contribution in [-0.4, -0.2) is 5.91 Å². The van der Waals surface area contributed by atoms with Gasteiger partial charge in [-0.1, -0.05) is 12.1 Å². The minimum absolute atomic E-state index is 0.112. The van der Waals surface area contributed by atoms with Gasteiger partial charge in [-0.05, 0) is 12.1 Å². The number of amides is 1. The summed E-state index contributed by atoms with van der Waals surface area (Å²) in [6.07, 6.45) is 0. The summed E-state index contributed by atoms with van der Waals surface area (Å²) in [6.45, 7) is 0. The van der Waals surface area contributed by atoms with Gasteiger partial charge in [0, 0.05) is 0 Å². The molecule has 0 fully saturated rings. The number of hydrogen-bond acceptors (Lipinski definition) is 3. The van der Waals surface area contributed by atoms with E-state index >= 15 is 0 Å². The summed E-state index contributed by atoms with van der Waals surface area (Å²) in [7, 11) is 0. The Morgan fingerprint density at radius 3 is 2.73 bits per heavy atom. The monoisotopic (exact) mass is 149 g/mol. The molecule has 3 N–H and O–H groups in total. The van der Waals surface area contributed by atoms with Gasteiger partial charge in [0.15, 0.2) is 0 Å². The lowest BCUT2D eigenvalue weighted by Crippen LogP contribution is -2.45. The van der Waals surface area contributed by atoms with Crippen LogP contribution >= 0.6 is 0 Å². The standard InChI is InChI=1S/C7H7N3O/c11-7-5-3-1-2-4-6(5)8-10-9-7/h1-4,8,10H,(H,9,11). The molecule has 0 atom stereocenters. The van der Waals surface area contributed by atoms with Crippen molar-refractivity contribution in [1.29, 1.82) is 0 Å². The first-order valence-corrected chi connectivity index (χ1v) is 3.28. The molecule has 1 aromatic rings. The Kier molecular flexibility index (Phi) is 1.26. The zero-order chi connectivity index (χ0) is 7.68. The first kappa shape index (κ1) is 6.18. The zero-order valence-corrected chi connectivity index (χ0v) is 5.72. The molecule has 0 bridgehead atoms. The van der Waals surface area contributed by atoms with Crippen molar-refractivity contribution in [3.63, 3.8) is 0 Å². The molecule has 0 saturated heterocycles. The summed E-state index contributed by atoms with van der Waals surface area (Å²) in [6, 6.07) is 7.29. The summed E-state index contributed by atoms with van der Waals surface area (Å²) in [5.41, 5.74) is 9.25. The van der Waals surface area contributed by atoms with Crippen molar-refractivity contribution in [3.05, 3.63) is 29.8 Å². The van der Waals surface area contributed by atoms with Crippen molar-refractivity contribution < 1.29 is 4.79 Å². The van der Waals surface area contributed by atoms with Crippen LogP contribution in [-0.2, 0) is 0 Å². The smallest absolute Gasteiger partial charge is 0.268 e. The largest absolute Gasteiger partial charge is 0.303 e. The molecule has 4 nitrogen and oxygen atoms in total. The molecule has 0 aromatic heterocycles. The minimum atomic E-state index is -0.112. The molecule has 1 amide bonds. The normalized spacial score (nSPS) is 14.7. The van der Waals surface area contributed by atoms with Crippen molar-refractivity contribution in [3.8, 4) is 0 Å². The second-order valence-corrected chi connectivity index (χ2v) is 2.25. The predicted molar refractivity (Wildman–Crippen MR) is 40.7 cm³/mol. The van der Waals surface area contributed by atoms with E-state index in [4.69, 9.17) is 0 Å². The van der Waals surface area contributed by atoms with E-state index in [1.165, 1.54) is 0 Å². The third-order valence-corrected chi connectivity index (χ3v) is 1.54. The molecule has 0 saturated carbocycles. The fourth-order valence-corrected chi connectivity index (χ4v) is 1.01. The highest BCUT2D eigenvalue weighted by molar-refractivity contribution is 6.00. The Morgan fingerprint density at radius 1 is 1.09 bits per heavy atom. The number of hydrazine groups is 2. The van der Waals surface area contributed by atoms with Crippen molar-refractivity contribution in [2.24, 2.45) is 0 Å². The van der Waals surface area contributed by atoms with Crippen molar-refractivity contribution in [2.45, 2.75) is 0 Å². The van der Waals surface area contributed by atoms with Gasteiger partial charge < -0.3 is 5.43 Å². The molecule has 1 aliphatic heterocycles. The van der Waals surface area contributed by atoms with Gasteiger partial charge >= 0.3 is 0 Å². The maximum absolute atomic E-state index is 11.1. The number of para-hydroxylation sites is 1. The van der Waals surface area contributed by atoms with Crippen LogP contribution in [0.25, 0.3) is 0 Å². The van der Waals surface area contributed by atoms with Gasteiger partial charge in [-0.25, -0.2) is 0 Å². The molecule has 0 unspecified atom stereocenters. The lowest BCUT2D eigenvalue weighted by molar-refractivity contribution is 0.0931. The molecule has 1 aromatic carbocycles. The van der Waals surface area contributed by atoms with Crippen LogP contribution < -0.4 is 16.4 Å². The Hall–Kier alpha value is -1.55. The van der Waals surface area contributed by atoms with Gasteiger partial charge in [0.2, 0.25) is 0 Å². The fraction of sp³-hybridized carbons (Fsp3) is 0. The van der Waals surface area contributed by atoms with E-state index < -0.39 is 0 Å². The molecular formula is C7H7N3O. The number of benzene rings is 1. The van der Waals surface area contributed by atoms with E-state index in [1.807, 2.05) is 18.2 Å². The summed E-state index contributed by atoms with van der Waals surface area (Å²) < 4.78 is 0. The summed E-state index contributed by atoms with van der Waals surface area (Å²) in [4.78, 5) is 11.1. The predicted octanol–water partition coefficient (Wildman–Crippen LogP) is 0.261. The van der Waals surface area contributed by atoms with E-state index in [0.717, 1.165) is 5.69 Å². The number of carbonyl (C=O) groups excluding carboxylic acids is 1. The molecule has 11 heavy (non-hydrogen) atoms. The number of anilines is 1. The van der Waals surface area contributed by atoms with Gasteiger partial charge in [-0.15, -0.1) is 5.53 Å². The zero-order valence-electron chi connectivity index (χ0n) is 5.72. The average Bonchev–Trinajstić information content (AvgIpc) is 2.06. The highest BCUT2D eigenvalue weighted by Gasteiger charge is 2.13. The average molecular weight is 149 g/mol. The van der Waals surface area contributed by atoms with E-state index in [1.54, 1.807) is 6.07 Å². The van der Waals surface area contributed by atoms with Crippen LogP contribution in [0.2, 0.25) is 0 Å². The van der Waals surface area contributed by atoms with E-state index in [2.05, 4.69) is 16.4 Å². The van der Waals surface area contributed by atoms with Crippen LogP contribution in [0.5, 0.6) is 0 Å². The first-order chi connectivity index (χ1) is 5.38. The molecule has 0 aliphatic carbocycles. The van der Waals surface area contributed by atoms with Gasteiger partial charge in [-0.2, -0.15) is 0 Å². The van der Waals surface area contributed by atoms with Gasteiger partial charge in [0.1, 0.15) is 0 Å².